The van der Waals surface area contributed by atoms with Crippen LogP contribution in [0.15, 0.2) is 23.8 Å². The van der Waals surface area contributed by atoms with Crippen molar-refractivity contribution in [2.24, 2.45) is 34.5 Å². The predicted molar refractivity (Wildman–Crippen MR) is 109 cm³/mol. The standard InChI is InChI=1S/C24H32O6/c1-22-8-4-15(25)12-14(22)13-16(21(28)30-3)20-17(22)5-9-23(2)18(20)6-10-24(23,29)11-7-19(26)27/h5,9,12,16-18,20,29H,4,6-8,10-11,13H2,1-3H3,(H,26,27)/t16-,17+,18+,20-,22+,23+,24-/m1/s1. The van der Waals surface area contributed by atoms with Gasteiger partial charge in [-0.25, -0.2) is 0 Å². The maximum Gasteiger partial charge on any atom is 0.309 e. The number of aliphatic carboxylic acids is 1. The molecular formula is C24H32O6. The van der Waals surface area contributed by atoms with Gasteiger partial charge in [0.05, 0.1) is 18.6 Å². The minimum absolute atomic E-state index is 0.00153. The highest BCUT2D eigenvalue weighted by Crippen LogP contribution is 2.67. The molecule has 7 atom stereocenters. The molecule has 0 aromatic rings. The second-order valence-electron chi connectivity index (χ2n) is 10.2. The van der Waals surface area contributed by atoms with Crippen LogP contribution in [0.4, 0.5) is 0 Å². The fourth-order valence-corrected chi connectivity index (χ4v) is 7.15. The van der Waals surface area contributed by atoms with Crippen LogP contribution >= 0.6 is 0 Å². The number of esters is 1. The Morgan fingerprint density at radius 3 is 2.67 bits per heavy atom. The zero-order chi connectivity index (χ0) is 21.9. The number of carboxylic acid groups (broad SMARTS) is 1. The third-order valence-corrected chi connectivity index (χ3v) is 9.03. The fraction of sp³-hybridized carbons (Fsp3) is 0.708. The first kappa shape index (κ1) is 21.3. The van der Waals surface area contributed by atoms with Gasteiger partial charge in [-0.15, -0.1) is 0 Å². The van der Waals surface area contributed by atoms with Crippen LogP contribution in [-0.2, 0) is 19.1 Å². The van der Waals surface area contributed by atoms with Gasteiger partial charge >= 0.3 is 11.9 Å². The Kier molecular flexibility index (Phi) is 5.00. The zero-order valence-corrected chi connectivity index (χ0v) is 18.0. The first-order chi connectivity index (χ1) is 14.1. The van der Waals surface area contributed by atoms with Gasteiger partial charge in [0, 0.05) is 18.3 Å². The quantitative estimate of drug-likeness (QED) is 0.539. The number of hydrogen-bond acceptors (Lipinski definition) is 5. The van der Waals surface area contributed by atoms with Crippen molar-refractivity contribution in [3.63, 3.8) is 0 Å². The molecule has 0 spiro atoms. The van der Waals surface area contributed by atoms with E-state index in [-0.39, 0.29) is 53.7 Å². The van der Waals surface area contributed by atoms with Crippen molar-refractivity contribution in [1.82, 2.24) is 0 Å². The van der Waals surface area contributed by atoms with Crippen molar-refractivity contribution >= 4 is 17.7 Å². The molecule has 164 valence electrons. The van der Waals surface area contributed by atoms with Gasteiger partial charge in [0.2, 0.25) is 0 Å². The smallest absolute Gasteiger partial charge is 0.309 e. The predicted octanol–water partition coefficient (Wildman–Crippen LogP) is 3.29. The summed E-state index contributed by atoms with van der Waals surface area (Å²) >= 11 is 0. The summed E-state index contributed by atoms with van der Waals surface area (Å²) < 4.78 is 5.18. The van der Waals surface area contributed by atoms with E-state index in [2.05, 4.69) is 19.1 Å². The summed E-state index contributed by atoms with van der Waals surface area (Å²) in [5.41, 5.74) is -0.818. The van der Waals surface area contributed by atoms with Crippen LogP contribution in [0.1, 0.15) is 58.8 Å². The van der Waals surface area contributed by atoms with Gasteiger partial charge in [-0.3, -0.25) is 14.4 Å². The number of rotatable bonds is 4. The summed E-state index contributed by atoms with van der Waals surface area (Å²) in [7, 11) is 1.40. The van der Waals surface area contributed by atoms with E-state index in [9.17, 15) is 19.5 Å². The van der Waals surface area contributed by atoms with E-state index in [1.165, 1.54) is 7.11 Å². The van der Waals surface area contributed by atoms with Crippen molar-refractivity contribution in [3.8, 4) is 0 Å². The van der Waals surface area contributed by atoms with Gasteiger partial charge in [0.1, 0.15) is 0 Å². The van der Waals surface area contributed by atoms with Crippen LogP contribution < -0.4 is 0 Å². The lowest BCUT2D eigenvalue weighted by Gasteiger charge is -2.58. The first-order valence-corrected chi connectivity index (χ1v) is 11.0. The molecule has 0 bridgehead atoms. The molecule has 4 rings (SSSR count). The van der Waals surface area contributed by atoms with Crippen molar-refractivity contribution < 1.29 is 29.3 Å². The number of hydrogen-bond donors (Lipinski definition) is 2. The molecule has 0 aromatic carbocycles. The molecule has 6 heteroatoms. The van der Waals surface area contributed by atoms with E-state index in [1.54, 1.807) is 6.08 Å². The van der Waals surface area contributed by atoms with E-state index < -0.39 is 17.0 Å². The van der Waals surface area contributed by atoms with Gasteiger partial charge in [-0.1, -0.05) is 31.6 Å². The summed E-state index contributed by atoms with van der Waals surface area (Å²) in [6, 6.07) is 0. The molecule has 6 nitrogen and oxygen atoms in total. The number of fused-ring (bicyclic) bond motifs is 5. The molecule has 0 saturated heterocycles. The number of carbonyl (C=O) groups is 3. The molecule has 0 heterocycles. The van der Waals surface area contributed by atoms with Crippen LogP contribution in [0, 0.1) is 34.5 Å². The summed E-state index contributed by atoms with van der Waals surface area (Å²) in [5, 5.41) is 20.7. The second kappa shape index (κ2) is 7.04. The van der Waals surface area contributed by atoms with Crippen LogP contribution in [-0.4, -0.2) is 40.6 Å². The van der Waals surface area contributed by atoms with Gasteiger partial charge < -0.3 is 14.9 Å². The summed E-state index contributed by atoms with van der Waals surface area (Å²) in [5.74, 6) is -1.25. The van der Waals surface area contributed by atoms with Crippen LogP contribution in [0.2, 0.25) is 0 Å². The van der Waals surface area contributed by atoms with E-state index in [0.29, 0.717) is 19.3 Å². The third-order valence-electron chi connectivity index (χ3n) is 9.03. The summed E-state index contributed by atoms with van der Waals surface area (Å²) in [6.07, 6.45) is 9.20. The van der Waals surface area contributed by atoms with E-state index in [1.807, 2.05) is 6.92 Å². The van der Waals surface area contributed by atoms with Crippen molar-refractivity contribution in [2.45, 2.75) is 64.4 Å². The minimum atomic E-state index is -1.10. The van der Waals surface area contributed by atoms with Crippen molar-refractivity contribution in [3.05, 3.63) is 23.8 Å². The van der Waals surface area contributed by atoms with Crippen molar-refractivity contribution in [2.75, 3.05) is 7.11 Å². The van der Waals surface area contributed by atoms with Crippen molar-refractivity contribution in [1.29, 1.82) is 0 Å². The maximum atomic E-state index is 12.9. The van der Waals surface area contributed by atoms with Gasteiger partial charge in [-0.05, 0) is 61.3 Å². The average molecular weight is 417 g/mol. The highest BCUT2D eigenvalue weighted by Gasteiger charge is 2.64. The average Bonchev–Trinajstić information content (AvgIpc) is 2.97. The van der Waals surface area contributed by atoms with Crippen LogP contribution in [0.5, 0.6) is 0 Å². The number of carbonyl (C=O) groups excluding carboxylic acids is 2. The largest absolute Gasteiger partial charge is 0.481 e. The topological polar surface area (TPSA) is 101 Å². The Bertz CT molecular complexity index is 843. The highest BCUT2D eigenvalue weighted by molar-refractivity contribution is 5.92. The van der Waals surface area contributed by atoms with Crippen LogP contribution in [0.25, 0.3) is 0 Å². The monoisotopic (exact) mass is 416 g/mol. The Labute approximate surface area is 177 Å². The number of ether oxygens (including phenoxy) is 1. The van der Waals surface area contributed by atoms with E-state index >= 15 is 0 Å². The molecule has 4 aliphatic rings. The summed E-state index contributed by atoms with van der Waals surface area (Å²) in [4.78, 5) is 36.1. The molecule has 0 aromatic heterocycles. The molecule has 2 saturated carbocycles. The first-order valence-electron chi connectivity index (χ1n) is 11.0. The lowest BCUT2D eigenvalue weighted by atomic mass is 9.46. The Hall–Kier alpha value is -1.95. The minimum Gasteiger partial charge on any atom is -0.481 e. The normalized spacial score (nSPS) is 44.5. The SMILES string of the molecule is COC(=O)[C@@H]1CC2=CC(=O)CC[C@]2(C)[C@H]2C=C[C@@]3(C)[C@@H](CC[C@@]3(O)CCC(=O)O)[C@H]12. The number of aliphatic hydroxyl groups is 1. The summed E-state index contributed by atoms with van der Waals surface area (Å²) in [6.45, 7) is 4.22. The number of ketones is 1. The Balaban J connectivity index is 1.78. The molecular weight excluding hydrogens is 384 g/mol. The molecule has 0 unspecified atom stereocenters. The third kappa shape index (κ3) is 2.90. The van der Waals surface area contributed by atoms with Gasteiger partial charge in [-0.2, -0.15) is 0 Å². The fourth-order valence-electron chi connectivity index (χ4n) is 7.15. The highest BCUT2D eigenvalue weighted by atomic mass is 16.5. The number of methoxy groups -OCH3 is 1. The van der Waals surface area contributed by atoms with Crippen LogP contribution in [0.3, 0.4) is 0 Å². The van der Waals surface area contributed by atoms with Gasteiger partial charge in [0.25, 0.3) is 0 Å². The number of allylic oxidation sites excluding steroid dienone is 3. The second-order valence-corrected chi connectivity index (χ2v) is 10.2. The molecule has 4 aliphatic carbocycles. The zero-order valence-electron chi connectivity index (χ0n) is 18.0. The molecule has 0 radical (unpaired) electrons. The molecule has 30 heavy (non-hydrogen) atoms. The number of carboxylic acids is 1. The lowest BCUT2D eigenvalue weighted by Crippen LogP contribution is -2.56. The van der Waals surface area contributed by atoms with Gasteiger partial charge in [0.15, 0.2) is 5.78 Å². The molecule has 0 amide bonds. The lowest BCUT2D eigenvalue weighted by molar-refractivity contribution is -0.155. The maximum absolute atomic E-state index is 12.9. The molecule has 0 aliphatic heterocycles. The molecule has 2 N–H and O–H groups in total. The van der Waals surface area contributed by atoms with E-state index in [0.717, 1.165) is 18.4 Å². The Morgan fingerprint density at radius 1 is 1.27 bits per heavy atom. The van der Waals surface area contributed by atoms with E-state index in [4.69, 9.17) is 9.84 Å². The molecule has 2 fully saturated rings. The Morgan fingerprint density at radius 2 is 2.00 bits per heavy atom.